The molecule has 1 aromatic rings. The number of amides is 1. The van der Waals surface area contributed by atoms with Gasteiger partial charge in [-0.25, -0.2) is 4.39 Å². The van der Waals surface area contributed by atoms with Gasteiger partial charge >= 0.3 is 0 Å². The molecule has 1 unspecified atom stereocenters. The molecule has 1 aliphatic heterocycles. The Kier molecular flexibility index (Phi) is 4.22. The molecule has 2 fully saturated rings. The number of carbonyl (C=O) groups excluding carboxylic acids is 1. The summed E-state index contributed by atoms with van der Waals surface area (Å²) < 4.78 is 24.9. The Morgan fingerprint density at radius 3 is 2.90 bits per heavy atom. The second-order valence-electron chi connectivity index (χ2n) is 5.74. The van der Waals surface area contributed by atoms with Crippen LogP contribution < -0.4 is 5.32 Å². The highest BCUT2D eigenvalue weighted by molar-refractivity contribution is 5.94. The van der Waals surface area contributed by atoms with Gasteiger partial charge in [0.2, 0.25) is 0 Å². The van der Waals surface area contributed by atoms with Crippen LogP contribution >= 0.6 is 0 Å². The second-order valence-corrected chi connectivity index (χ2v) is 5.74. The highest BCUT2D eigenvalue weighted by Gasteiger charge is 2.42. The van der Waals surface area contributed by atoms with Gasteiger partial charge in [0.05, 0.1) is 6.61 Å². The fourth-order valence-corrected chi connectivity index (χ4v) is 3.01. The number of hydrogen-bond donors (Lipinski definition) is 1. The number of rotatable bonds is 3. The van der Waals surface area contributed by atoms with Crippen LogP contribution in [0.3, 0.4) is 0 Å². The van der Waals surface area contributed by atoms with Crippen LogP contribution in [-0.4, -0.2) is 30.9 Å². The van der Waals surface area contributed by atoms with E-state index in [1.165, 1.54) is 24.6 Å². The Bertz CT molecular complexity index is 514. The largest absolute Gasteiger partial charge is 0.349 e. The Balaban J connectivity index is 1.51. The molecule has 5 heteroatoms. The normalized spacial score (nSPS) is 24.1. The number of carbonyl (C=O) groups is 1. The molecule has 1 amide bonds. The molecule has 3 rings (SSSR count). The summed E-state index contributed by atoms with van der Waals surface area (Å²) in [6, 6.07) is 5.66. The van der Waals surface area contributed by atoms with Crippen LogP contribution in [0.5, 0.6) is 0 Å². The molecule has 114 valence electrons. The van der Waals surface area contributed by atoms with E-state index in [2.05, 4.69) is 5.32 Å². The lowest BCUT2D eigenvalue weighted by Gasteiger charge is -2.31. The third kappa shape index (κ3) is 3.41. The highest BCUT2D eigenvalue weighted by Crippen LogP contribution is 2.37. The molecular weight excluding hydrogens is 273 g/mol. The maximum atomic E-state index is 13.1. The van der Waals surface area contributed by atoms with Gasteiger partial charge in [-0.2, -0.15) is 0 Å². The molecule has 4 nitrogen and oxygen atoms in total. The van der Waals surface area contributed by atoms with E-state index in [0.717, 1.165) is 25.7 Å². The Morgan fingerprint density at radius 1 is 1.33 bits per heavy atom. The van der Waals surface area contributed by atoms with E-state index in [-0.39, 0.29) is 12.0 Å². The summed E-state index contributed by atoms with van der Waals surface area (Å²) in [5.74, 6) is -1.13. The van der Waals surface area contributed by atoms with E-state index in [1.807, 2.05) is 0 Å². The summed E-state index contributed by atoms with van der Waals surface area (Å²) in [5, 5.41) is 2.78. The molecule has 1 atom stereocenters. The summed E-state index contributed by atoms with van der Waals surface area (Å²) in [5.41, 5.74) is 0.321. The van der Waals surface area contributed by atoms with Crippen LogP contribution in [0.15, 0.2) is 24.3 Å². The van der Waals surface area contributed by atoms with Crippen LogP contribution in [0.2, 0.25) is 0 Å². The average molecular weight is 293 g/mol. The maximum Gasteiger partial charge on any atom is 0.251 e. The first-order valence-electron chi connectivity index (χ1n) is 7.52. The van der Waals surface area contributed by atoms with Crippen molar-refractivity contribution in [3.63, 3.8) is 0 Å². The van der Waals surface area contributed by atoms with Gasteiger partial charge in [-0.15, -0.1) is 0 Å². The van der Waals surface area contributed by atoms with Crippen molar-refractivity contribution in [2.45, 2.75) is 44.0 Å². The van der Waals surface area contributed by atoms with E-state index in [4.69, 9.17) is 9.47 Å². The van der Waals surface area contributed by atoms with Crippen molar-refractivity contribution in [2.24, 2.45) is 0 Å². The van der Waals surface area contributed by atoms with Crippen LogP contribution in [0.1, 0.15) is 42.5 Å². The SMILES string of the molecule is O=C(NCC1COC2(CCCCC2)O1)c1cccc(F)c1. The lowest BCUT2D eigenvalue weighted by molar-refractivity contribution is -0.186. The summed E-state index contributed by atoms with van der Waals surface area (Å²) in [4.78, 5) is 11.9. The van der Waals surface area contributed by atoms with Gasteiger partial charge in [-0.1, -0.05) is 12.5 Å². The molecule has 1 spiro atoms. The number of nitrogens with one attached hydrogen (secondary N) is 1. The predicted octanol–water partition coefficient (Wildman–Crippen LogP) is 2.63. The van der Waals surface area contributed by atoms with Gasteiger partial charge in [-0.3, -0.25) is 4.79 Å². The van der Waals surface area contributed by atoms with Crippen LogP contribution in [-0.2, 0) is 9.47 Å². The molecule has 1 saturated carbocycles. The van der Waals surface area contributed by atoms with Gasteiger partial charge in [0.1, 0.15) is 11.9 Å². The Hall–Kier alpha value is -1.46. The lowest BCUT2D eigenvalue weighted by Crippen LogP contribution is -2.37. The zero-order valence-corrected chi connectivity index (χ0v) is 11.9. The van der Waals surface area contributed by atoms with Crippen LogP contribution in [0.25, 0.3) is 0 Å². The van der Waals surface area contributed by atoms with E-state index in [0.29, 0.717) is 18.7 Å². The van der Waals surface area contributed by atoms with Crippen molar-refractivity contribution in [1.82, 2.24) is 5.32 Å². The highest BCUT2D eigenvalue weighted by atomic mass is 19.1. The molecule has 0 aromatic heterocycles. The van der Waals surface area contributed by atoms with E-state index >= 15 is 0 Å². The number of benzene rings is 1. The first-order chi connectivity index (χ1) is 10.2. The van der Waals surface area contributed by atoms with Crippen molar-refractivity contribution >= 4 is 5.91 Å². The average Bonchev–Trinajstić information content (AvgIpc) is 2.88. The van der Waals surface area contributed by atoms with Crippen molar-refractivity contribution in [2.75, 3.05) is 13.2 Å². The molecule has 1 heterocycles. The smallest absolute Gasteiger partial charge is 0.251 e. The third-order valence-corrected chi connectivity index (χ3v) is 4.11. The van der Waals surface area contributed by atoms with Gasteiger partial charge in [0, 0.05) is 24.9 Å². The summed E-state index contributed by atoms with van der Waals surface area (Å²) >= 11 is 0. The zero-order valence-electron chi connectivity index (χ0n) is 11.9. The van der Waals surface area contributed by atoms with Gasteiger partial charge < -0.3 is 14.8 Å². The fourth-order valence-electron chi connectivity index (χ4n) is 3.01. The fraction of sp³-hybridized carbons (Fsp3) is 0.562. The monoisotopic (exact) mass is 293 g/mol. The predicted molar refractivity (Wildman–Crippen MR) is 75.4 cm³/mol. The van der Waals surface area contributed by atoms with Crippen molar-refractivity contribution in [1.29, 1.82) is 0 Å². The molecule has 1 saturated heterocycles. The Morgan fingerprint density at radius 2 is 2.14 bits per heavy atom. The minimum Gasteiger partial charge on any atom is -0.349 e. The van der Waals surface area contributed by atoms with Crippen molar-refractivity contribution < 1.29 is 18.7 Å². The summed E-state index contributed by atoms with van der Waals surface area (Å²) in [6.45, 7) is 0.889. The maximum absolute atomic E-state index is 13.1. The third-order valence-electron chi connectivity index (χ3n) is 4.11. The van der Waals surface area contributed by atoms with Gasteiger partial charge in [-0.05, 0) is 31.0 Å². The molecule has 1 N–H and O–H groups in total. The van der Waals surface area contributed by atoms with E-state index in [9.17, 15) is 9.18 Å². The first kappa shape index (κ1) is 14.5. The summed E-state index contributed by atoms with van der Waals surface area (Å²) in [7, 11) is 0. The minimum absolute atomic E-state index is 0.124. The number of halogens is 1. The van der Waals surface area contributed by atoms with Crippen molar-refractivity contribution in [3.05, 3.63) is 35.6 Å². The second kappa shape index (κ2) is 6.12. The molecule has 0 bridgehead atoms. The van der Waals surface area contributed by atoms with E-state index in [1.54, 1.807) is 6.07 Å². The molecule has 0 radical (unpaired) electrons. The zero-order chi connectivity index (χ0) is 14.7. The van der Waals surface area contributed by atoms with Gasteiger partial charge in [0.15, 0.2) is 5.79 Å². The van der Waals surface area contributed by atoms with Gasteiger partial charge in [0.25, 0.3) is 5.91 Å². The molecular formula is C16H20FNO3. The quantitative estimate of drug-likeness (QED) is 0.932. The topological polar surface area (TPSA) is 47.6 Å². The molecule has 21 heavy (non-hydrogen) atoms. The molecule has 2 aliphatic rings. The summed E-state index contributed by atoms with van der Waals surface area (Å²) in [6.07, 6.45) is 5.23. The van der Waals surface area contributed by atoms with Crippen LogP contribution in [0.4, 0.5) is 4.39 Å². The molecule has 1 aromatic carbocycles. The Labute approximate surface area is 123 Å². The lowest BCUT2D eigenvalue weighted by atomic mass is 9.94. The first-order valence-corrected chi connectivity index (χ1v) is 7.52. The minimum atomic E-state index is -0.424. The standard InChI is InChI=1S/C16H20FNO3/c17-13-6-4-5-12(9-13)15(19)18-10-14-11-20-16(21-14)7-2-1-3-8-16/h4-6,9,14H,1-3,7-8,10-11H2,(H,18,19). The van der Waals surface area contributed by atoms with Crippen LogP contribution in [0, 0.1) is 5.82 Å². The van der Waals surface area contributed by atoms with Crippen molar-refractivity contribution in [3.8, 4) is 0 Å². The van der Waals surface area contributed by atoms with E-state index < -0.39 is 11.6 Å². The molecule has 1 aliphatic carbocycles. The number of ether oxygens (including phenoxy) is 2. The number of hydrogen-bond acceptors (Lipinski definition) is 3.